The normalized spacial score (nSPS) is 16.2. The van der Waals surface area contributed by atoms with Crippen LogP contribution in [0.15, 0.2) is 18.2 Å². The Morgan fingerprint density at radius 2 is 2.25 bits per heavy atom. The Kier molecular flexibility index (Phi) is 4.89. The molecule has 20 heavy (non-hydrogen) atoms. The Morgan fingerprint density at radius 3 is 2.80 bits per heavy atom. The topological polar surface area (TPSA) is 58.4 Å². The first-order chi connectivity index (χ1) is 9.51. The van der Waals surface area contributed by atoms with Crippen molar-refractivity contribution in [3.05, 3.63) is 23.2 Å². The number of nitrogens with zero attached hydrogens (tertiary/aromatic N) is 1. The average molecular weight is 296 g/mol. The van der Waals surface area contributed by atoms with Crippen LogP contribution in [0.1, 0.15) is 26.7 Å². The van der Waals surface area contributed by atoms with Crippen LogP contribution in [0, 0.1) is 5.92 Å². The van der Waals surface area contributed by atoms with E-state index < -0.39 is 0 Å². The van der Waals surface area contributed by atoms with Crippen LogP contribution in [0.4, 0.5) is 11.4 Å². The molecule has 0 saturated heterocycles. The monoisotopic (exact) mass is 295 g/mol. The number of hydrogen-bond acceptors (Lipinski definition) is 3. The van der Waals surface area contributed by atoms with Crippen molar-refractivity contribution in [2.75, 3.05) is 24.1 Å². The number of nitrogens with one attached hydrogen (secondary N) is 1. The summed E-state index contributed by atoms with van der Waals surface area (Å²) in [5.41, 5.74) is 6.90. The van der Waals surface area contributed by atoms with Gasteiger partial charge in [0, 0.05) is 12.2 Å². The number of benzene rings is 1. The minimum absolute atomic E-state index is 0.00535. The van der Waals surface area contributed by atoms with Crippen molar-refractivity contribution in [1.29, 1.82) is 0 Å². The van der Waals surface area contributed by atoms with Gasteiger partial charge in [0.2, 0.25) is 5.91 Å². The minimum atomic E-state index is -0.141. The molecular formula is C15H22ClN3O. The molecule has 1 aliphatic rings. The highest BCUT2D eigenvalue weighted by atomic mass is 35.5. The van der Waals surface area contributed by atoms with E-state index in [1.165, 1.54) is 12.8 Å². The molecule has 3 N–H and O–H groups in total. The second-order valence-electron chi connectivity index (χ2n) is 5.43. The summed E-state index contributed by atoms with van der Waals surface area (Å²) in [6.07, 6.45) is 2.58. The number of anilines is 2. The molecule has 1 aromatic rings. The van der Waals surface area contributed by atoms with Crippen LogP contribution in [-0.2, 0) is 4.79 Å². The van der Waals surface area contributed by atoms with E-state index >= 15 is 0 Å². The highest BCUT2D eigenvalue weighted by Crippen LogP contribution is 2.30. The summed E-state index contributed by atoms with van der Waals surface area (Å²) >= 11 is 5.87. The second-order valence-corrected chi connectivity index (χ2v) is 5.84. The van der Waals surface area contributed by atoms with E-state index in [9.17, 15) is 4.79 Å². The van der Waals surface area contributed by atoms with Crippen LogP contribution in [-0.4, -0.2) is 29.9 Å². The average Bonchev–Trinajstić information content (AvgIpc) is 3.23. The van der Waals surface area contributed by atoms with Crippen LogP contribution < -0.4 is 11.1 Å². The van der Waals surface area contributed by atoms with Crippen LogP contribution in [0.3, 0.4) is 0 Å². The second kappa shape index (κ2) is 6.46. The molecule has 5 heteroatoms. The van der Waals surface area contributed by atoms with Gasteiger partial charge in [-0.3, -0.25) is 9.69 Å². The first-order valence-corrected chi connectivity index (χ1v) is 7.49. The van der Waals surface area contributed by atoms with Crippen LogP contribution in [0.25, 0.3) is 0 Å². The van der Waals surface area contributed by atoms with Crippen molar-refractivity contribution >= 4 is 28.9 Å². The molecule has 1 amide bonds. The zero-order chi connectivity index (χ0) is 14.7. The molecule has 1 aromatic carbocycles. The fourth-order valence-electron chi connectivity index (χ4n) is 2.23. The number of carbonyl (C=O) groups excluding carboxylic acids is 1. The standard InChI is InChI=1S/C15H22ClN3O/c1-3-19(9-11-4-5-11)10(2)15(20)18-12-6-7-13(16)14(17)8-12/h6-8,10-11H,3-5,9,17H2,1-2H3,(H,18,20). The molecule has 0 aliphatic heterocycles. The number of nitrogens with two attached hydrogens (primary N) is 1. The van der Waals surface area contributed by atoms with Crippen molar-refractivity contribution < 1.29 is 4.79 Å². The number of halogens is 1. The summed E-state index contributed by atoms with van der Waals surface area (Å²) in [5, 5.41) is 3.40. The summed E-state index contributed by atoms with van der Waals surface area (Å²) in [4.78, 5) is 14.5. The summed E-state index contributed by atoms with van der Waals surface area (Å²) in [6.45, 7) is 5.93. The highest BCUT2D eigenvalue weighted by molar-refractivity contribution is 6.33. The third-order valence-electron chi connectivity index (χ3n) is 3.79. The van der Waals surface area contributed by atoms with Crippen molar-refractivity contribution in [3.63, 3.8) is 0 Å². The highest BCUT2D eigenvalue weighted by Gasteiger charge is 2.28. The van der Waals surface area contributed by atoms with Crippen LogP contribution >= 0.6 is 11.6 Å². The van der Waals surface area contributed by atoms with E-state index in [1.807, 2.05) is 6.92 Å². The van der Waals surface area contributed by atoms with Crippen molar-refractivity contribution in [2.45, 2.75) is 32.7 Å². The Hall–Kier alpha value is -1.26. The van der Waals surface area contributed by atoms with Crippen molar-refractivity contribution in [1.82, 2.24) is 4.90 Å². The summed E-state index contributed by atoms with van der Waals surface area (Å²) < 4.78 is 0. The first kappa shape index (κ1) is 15.1. The van der Waals surface area contributed by atoms with Gasteiger partial charge in [0.15, 0.2) is 0 Å². The quantitative estimate of drug-likeness (QED) is 0.793. The lowest BCUT2D eigenvalue weighted by molar-refractivity contribution is -0.120. The van der Waals surface area contributed by atoms with Crippen molar-refractivity contribution in [3.8, 4) is 0 Å². The Labute approximate surface area is 125 Å². The Morgan fingerprint density at radius 1 is 1.55 bits per heavy atom. The fraction of sp³-hybridized carbons (Fsp3) is 0.533. The van der Waals surface area contributed by atoms with Gasteiger partial charge in [0.05, 0.1) is 16.8 Å². The largest absolute Gasteiger partial charge is 0.397 e. The molecule has 0 spiro atoms. The molecule has 1 atom stereocenters. The van der Waals surface area contributed by atoms with Gasteiger partial charge in [-0.2, -0.15) is 0 Å². The van der Waals surface area contributed by atoms with E-state index in [2.05, 4.69) is 17.1 Å². The Balaban J connectivity index is 1.96. The van der Waals surface area contributed by atoms with Gasteiger partial charge in [-0.1, -0.05) is 18.5 Å². The van der Waals surface area contributed by atoms with E-state index in [0.29, 0.717) is 16.4 Å². The summed E-state index contributed by atoms with van der Waals surface area (Å²) in [7, 11) is 0. The van der Waals surface area contributed by atoms with Gasteiger partial charge in [-0.25, -0.2) is 0 Å². The molecule has 4 nitrogen and oxygen atoms in total. The van der Waals surface area contributed by atoms with E-state index in [-0.39, 0.29) is 11.9 Å². The number of rotatable bonds is 6. The molecule has 2 rings (SSSR count). The third kappa shape index (κ3) is 3.87. The number of amides is 1. The summed E-state index contributed by atoms with van der Waals surface area (Å²) in [6, 6.07) is 5.00. The molecule has 1 unspecified atom stereocenters. The van der Waals surface area contributed by atoms with Crippen LogP contribution in [0.5, 0.6) is 0 Å². The minimum Gasteiger partial charge on any atom is -0.397 e. The van der Waals surface area contributed by atoms with E-state index in [1.54, 1.807) is 18.2 Å². The van der Waals surface area contributed by atoms with Gasteiger partial charge in [0.25, 0.3) is 0 Å². The van der Waals surface area contributed by atoms with Gasteiger partial charge in [0.1, 0.15) is 0 Å². The van der Waals surface area contributed by atoms with Gasteiger partial charge >= 0.3 is 0 Å². The smallest absolute Gasteiger partial charge is 0.241 e. The Bertz CT molecular complexity index is 488. The predicted octanol–water partition coefficient (Wildman–Crippen LogP) is 2.98. The first-order valence-electron chi connectivity index (χ1n) is 7.11. The molecular weight excluding hydrogens is 274 g/mol. The number of nitrogen functional groups attached to an aromatic ring is 1. The zero-order valence-electron chi connectivity index (χ0n) is 12.0. The molecule has 1 saturated carbocycles. The predicted molar refractivity (Wildman–Crippen MR) is 83.9 cm³/mol. The molecule has 0 radical (unpaired) electrons. The SMILES string of the molecule is CCN(CC1CC1)C(C)C(=O)Nc1ccc(Cl)c(N)c1. The maximum absolute atomic E-state index is 12.3. The third-order valence-corrected chi connectivity index (χ3v) is 4.13. The molecule has 1 aliphatic carbocycles. The zero-order valence-corrected chi connectivity index (χ0v) is 12.8. The van der Waals surface area contributed by atoms with E-state index in [0.717, 1.165) is 19.0 Å². The lowest BCUT2D eigenvalue weighted by Crippen LogP contribution is -2.43. The van der Waals surface area contributed by atoms with Gasteiger partial charge in [-0.05, 0) is 50.4 Å². The number of hydrogen-bond donors (Lipinski definition) is 2. The summed E-state index contributed by atoms with van der Waals surface area (Å²) in [5.74, 6) is 0.769. The maximum atomic E-state index is 12.3. The van der Waals surface area contributed by atoms with Gasteiger partial charge in [-0.15, -0.1) is 0 Å². The van der Waals surface area contributed by atoms with E-state index in [4.69, 9.17) is 17.3 Å². The van der Waals surface area contributed by atoms with Crippen molar-refractivity contribution in [2.24, 2.45) is 5.92 Å². The lowest BCUT2D eigenvalue weighted by atomic mass is 10.2. The molecule has 0 bridgehead atoms. The molecule has 1 fully saturated rings. The maximum Gasteiger partial charge on any atom is 0.241 e. The molecule has 0 aromatic heterocycles. The van der Waals surface area contributed by atoms with Gasteiger partial charge < -0.3 is 11.1 Å². The number of carbonyl (C=O) groups is 1. The molecule has 110 valence electrons. The number of likely N-dealkylation sites (N-methyl/N-ethyl adjacent to an activating group) is 1. The lowest BCUT2D eigenvalue weighted by Gasteiger charge is -2.26. The van der Waals surface area contributed by atoms with Crippen LogP contribution in [0.2, 0.25) is 5.02 Å². The molecule has 0 heterocycles. The fourth-order valence-corrected chi connectivity index (χ4v) is 2.34.